The summed E-state index contributed by atoms with van der Waals surface area (Å²) in [5.41, 5.74) is 4.44. The van der Waals surface area contributed by atoms with Crippen LogP contribution in [0.2, 0.25) is 0 Å². The van der Waals surface area contributed by atoms with Crippen LogP contribution in [0, 0.1) is 0 Å². The van der Waals surface area contributed by atoms with Gasteiger partial charge in [0, 0.05) is 17.3 Å². The third-order valence-electron chi connectivity index (χ3n) is 4.85. The highest BCUT2D eigenvalue weighted by molar-refractivity contribution is 5.95. The third-order valence-corrected chi connectivity index (χ3v) is 4.85. The number of carbonyl (C=O) groups is 1. The molecule has 5 heteroatoms. The van der Waals surface area contributed by atoms with Crippen molar-refractivity contribution in [1.29, 1.82) is 0 Å². The van der Waals surface area contributed by atoms with Gasteiger partial charge in [-0.2, -0.15) is 5.10 Å². The number of nitrogens with one attached hydrogen (secondary N) is 1. The first-order valence-electron chi connectivity index (χ1n) is 9.25. The third kappa shape index (κ3) is 3.82. The number of hydrogen-bond donors (Lipinski definition) is 1. The molecule has 0 spiro atoms. The number of anilines is 1. The Morgan fingerprint density at radius 3 is 2.59 bits per heavy atom. The molecule has 0 unspecified atom stereocenters. The van der Waals surface area contributed by atoms with E-state index in [2.05, 4.69) is 10.4 Å². The molecular weight excluding hydrogens is 338 g/mol. The number of amides is 1. The molecule has 4 rings (SSSR count). The van der Waals surface area contributed by atoms with E-state index in [1.54, 1.807) is 6.07 Å². The first-order valence-corrected chi connectivity index (χ1v) is 9.25. The van der Waals surface area contributed by atoms with Gasteiger partial charge in [0.15, 0.2) is 0 Å². The minimum atomic E-state index is -0.260. The Morgan fingerprint density at radius 1 is 1.00 bits per heavy atom. The summed E-state index contributed by atoms with van der Waals surface area (Å²) in [6, 6.07) is 19.2. The van der Waals surface area contributed by atoms with E-state index >= 15 is 0 Å². The van der Waals surface area contributed by atoms with E-state index in [1.165, 1.54) is 4.68 Å². The summed E-state index contributed by atoms with van der Waals surface area (Å²) in [5, 5.41) is 7.34. The Labute approximate surface area is 157 Å². The van der Waals surface area contributed by atoms with Crippen molar-refractivity contribution in [3.05, 3.63) is 82.3 Å². The molecule has 1 aliphatic carbocycles. The van der Waals surface area contributed by atoms with Gasteiger partial charge in [-0.25, -0.2) is 4.68 Å². The number of carbonyl (C=O) groups excluding carboxylic acids is 1. The van der Waals surface area contributed by atoms with Gasteiger partial charge >= 0.3 is 0 Å². The maximum atomic E-state index is 12.6. The minimum Gasteiger partial charge on any atom is -0.324 e. The van der Waals surface area contributed by atoms with Crippen LogP contribution in [0.4, 0.5) is 5.69 Å². The number of nitrogens with zero attached hydrogens (tertiary/aromatic N) is 2. The summed E-state index contributed by atoms with van der Waals surface area (Å²) >= 11 is 0. The molecule has 0 saturated heterocycles. The van der Waals surface area contributed by atoms with E-state index in [9.17, 15) is 9.59 Å². The Kier molecular flexibility index (Phi) is 4.83. The van der Waals surface area contributed by atoms with Crippen molar-refractivity contribution in [3.8, 4) is 11.1 Å². The molecule has 0 radical (unpaired) electrons. The normalized spacial score (nSPS) is 13.0. The Balaban J connectivity index is 1.55. The van der Waals surface area contributed by atoms with Gasteiger partial charge in [0.1, 0.15) is 6.54 Å². The summed E-state index contributed by atoms with van der Waals surface area (Å²) in [6.45, 7) is -0.0881. The van der Waals surface area contributed by atoms with Crippen LogP contribution in [0.25, 0.3) is 11.1 Å². The smallest absolute Gasteiger partial charge is 0.267 e. The standard InChI is InChI=1S/C22H21N3O2/c26-21(15-25-22(27)14-17-10-4-6-12-19(17)24-25)23-20-13-7-5-11-18(20)16-8-2-1-3-9-16/h1-3,5,7-9,11,13-14H,4,6,10,12,15H2,(H,23,26). The highest BCUT2D eigenvalue weighted by atomic mass is 16.2. The fraction of sp³-hybridized carbons (Fsp3) is 0.227. The van der Waals surface area contributed by atoms with Gasteiger partial charge in [0.05, 0.1) is 5.69 Å². The highest BCUT2D eigenvalue weighted by Gasteiger charge is 2.15. The lowest BCUT2D eigenvalue weighted by Crippen LogP contribution is -2.31. The van der Waals surface area contributed by atoms with Crippen molar-refractivity contribution in [1.82, 2.24) is 9.78 Å². The molecule has 0 fully saturated rings. The zero-order chi connectivity index (χ0) is 18.6. The molecule has 2 aromatic carbocycles. The molecule has 1 N–H and O–H groups in total. The van der Waals surface area contributed by atoms with Crippen LogP contribution in [0.15, 0.2) is 65.5 Å². The largest absolute Gasteiger partial charge is 0.324 e. The van der Waals surface area contributed by atoms with Crippen LogP contribution in [0.5, 0.6) is 0 Å². The second kappa shape index (κ2) is 7.58. The second-order valence-electron chi connectivity index (χ2n) is 6.78. The molecule has 5 nitrogen and oxygen atoms in total. The molecule has 3 aromatic rings. The van der Waals surface area contributed by atoms with Crippen LogP contribution in [-0.2, 0) is 24.2 Å². The van der Waals surface area contributed by atoms with Gasteiger partial charge in [-0.05, 0) is 42.9 Å². The number of aromatic nitrogens is 2. The van der Waals surface area contributed by atoms with Gasteiger partial charge in [-0.15, -0.1) is 0 Å². The predicted molar refractivity (Wildman–Crippen MR) is 106 cm³/mol. The molecule has 1 amide bonds. The van der Waals surface area contributed by atoms with Gasteiger partial charge in [0.2, 0.25) is 5.91 Å². The predicted octanol–water partition coefficient (Wildman–Crippen LogP) is 3.43. The molecule has 27 heavy (non-hydrogen) atoms. The van der Waals surface area contributed by atoms with Crippen molar-refractivity contribution in [2.75, 3.05) is 5.32 Å². The molecule has 0 saturated carbocycles. The van der Waals surface area contributed by atoms with Crippen LogP contribution >= 0.6 is 0 Å². The molecule has 136 valence electrons. The number of hydrogen-bond acceptors (Lipinski definition) is 3. The number of rotatable bonds is 4. The fourth-order valence-corrected chi connectivity index (χ4v) is 3.50. The lowest BCUT2D eigenvalue weighted by molar-refractivity contribution is -0.117. The first-order chi connectivity index (χ1) is 13.2. The van der Waals surface area contributed by atoms with Crippen molar-refractivity contribution < 1.29 is 4.79 Å². The Bertz CT molecular complexity index is 1030. The van der Waals surface area contributed by atoms with E-state index in [0.29, 0.717) is 0 Å². The monoisotopic (exact) mass is 359 g/mol. The van der Waals surface area contributed by atoms with Gasteiger partial charge in [-0.3, -0.25) is 9.59 Å². The fourth-order valence-electron chi connectivity index (χ4n) is 3.50. The van der Waals surface area contributed by atoms with E-state index in [0.717, 1.165) is 53.8 Å². The maximum Gasteiger partial charge on any atom is 0.267 e. The number of fused-ring (bicyclic) bond motifs is 1. The summed E-state index contributed by atoms with van der Waals surface area (Å²) in [6.07, 6.45) is 3.94. The molecular formula is C22H21N3O2. The van der Waals surface area contributed by atoms with Crippen LogP contribution < -0.4 is 10.9 Å². The Morgan fingerprint density at radius 2 is 1.74 bits per heavy atom. The molecule has 0 aliphatic heterocycles. The van der Waals surface area contributed by atoms with Gasteiger partial charge in [0.25, 0.3) is 5.56 Å². The van der Waals surface area contributed by atoms with E-state index in [1.807, 2.05) is 54.6 Å². The zero-order valence-electron chi connectivity index (χ0n) is 15.0. The topological polar surface area (TPSA) is 64.0 Å². The Hall–Kier alpha value is -3.21. The van der Waals surface area contributed by atoms with Crippen LogP contribution in [0.1, 0.15) is 24.1 Å². The lowest BCUT2D eigenvalue weighted by atomic mass is 9.97. The number of para-hydroxylation sites is 1. The SMILES string of the molecule is O=C(Cn1nc2c(cc1=O)CCCC2)Nc1ccccc1-c1ccccc1. The molecule has 0 bridgehead atoms. The first kappa shape index (κ1) is 17.2. The molecule has 1 heterocycles. The van der Waals surface area contributed by atoms with Crippen LogP contribution in [-0.4, -0.2) is 15.7 Å². The van der Waals surface area contributed by atoms with Crippen molar-refractivity contribution in [3.63, 3.8) is 0 Å². The number of benzene rings is 2. The van der Waals surface area contributed by atoms with E-state index in [-0.39, 0.29) is 18.0 Å². The molecule has 1 aliphatic rings. The van der Waals surface area contributed by atoms with Gasteiger partial charge < -0.3 is 5.32 Å². The zero-order valence-corrected chi connectivity index (χ0v) is 15.0. The minimum absolute atomic E-state index is 0.0881. The summed E-state index contributed by atoms with van der Waals surface area (Å²) in [7, 11) is 0. The van der Waals surface area contributed by atoms with Gasteiger partial charge in [-0.1, -0.05) is 48.5 Å². The van der Waals surface area contributed by atoms with E-state index < -0.39 is 0 Å². The van der Waals surface area contributed by atoms with Crippen molar-refractivity contribution in [2.24, 2.45) is 0 Å². The van der Waals surface area contributed by atoms with Crippen LogP contribution in [0.3, 0.4) is 0 Å². The highest BCUT2D eigenvalue weighted by Crippen LogP contribution is 2.27. The maximum absolute atomic E-state index is 12.6. The number of aryl methyl sites for hydroxylation is 2. The average molecular weight is 359 g/mol. The van der Waals surface area contributed by atoms with Crippen molar-refractivity contribution >= 4 is 11.6 Å². The average Bonchev–Trinajstić information content (AvgIpc) is 2.69. The summed E-state index contributed by atoms with van der Waals surface area (Å²) < 4.78 is 1.27. The quantitative estimate of drug-likeness (QED) is 0.776. The lowest BCUT2D eigenvalue weighted by Gasteiger charge is -2.16. The molecule has 1 aromatic heterocycles. The second-order valence-corrected chi connectivity index (χ2v) is 6.78. The summed E-state index contributed by atoms with van der Waals surface area (Å²) in [5.74, 6) is -0.260. The van der Waals surface area contributed by atoms with Crippen molar-refractivity contribution in [2.45, 2.75) is 32.2 Å². The van der Waals surface area contributed by atoms with E-state index in [4.69, 9.17) is 0 Å². The summed E-state index contributed by atoms with van der Waals surface area (Å²) in [4.78, 5) is 24.9. The molecule has 0 atom stereocenters.